The lowest BCUT2D eigenvalue weighted by atomic mass is 10.4. The summed E-state index contributed by atoms with van der Waals surface area (Å²) in [5.74, 6) is 2.12. The van der Waals surface area contributed by atoms with Crippen LogP contribution in [0.5, 0.6) is 0 Å². The SMILES string of the molecule is CNC(=O)CCNCCSCCCO. The van der Waals surface area contributed by atoms with Gasteiger partial charge in [0.05, 0.1) is 0 Å². The highest BCUT2D eigenvalue weighted by atomic mass is 32.2. The van der Waals surface area contributed by atoms with E-state index in [1.807, 2.05) is 11.8 Å². The van der Waals surface area contributed by atoms with Crippen LogP contribution in [0.3, 0.4) is 0 Å². The van der Waals surface area contributed by atoms with Gasteiger partial charge in [-0.1, -0.05) is 0 Å². The highest BCUT2D eigenvalue weighted by Gasteiger charge is 1.95. The molecule has 0 aromatic carbocycles. The van der Waals surface area contributed by atoms with E-state index in [0.717, 1.165) is 31.0 Å². The molecule has 0 saturated heterocycles. The second-order valence-electron chi connectivity index (χ2n) is 2.86. The Labute approximate surface area is 89.8 Å². The topological polar surface area (TPSA) is 61.4 Å². The molecule has 84 valence electrons. The molecule has 1 amide bonds. The quantitative estimate of drug-likeness (QED) is 0.472. The van der Waals surface area contributed by atoms with Gasteiger partial charge in [-0.2, -0.15) is 11.8 Å². The molecule has 0 aliphatic rings. The predicted octanol–water partition coefficient (Wildman–Crippen LogP) is -0.172. The number of rotatable bonds is 9. The fourth-order valence-corrected chi connectivity index (χ4v) is 1.69. The van der Waals surface area contributed by atoms with Gasteiger partial charge in [0.1, 0.15) is 0 Å². The third kappa shape index (κ3) is 9.83. The van der Waals surface area contributed by atoms with E-state index in [2.05, 4.69) is 10.6 Å². The molecule has 0 radical (unpaired) electrons. The van der Waals surface area contributed by atoms with E-state index >= 15 is 0 Å². The Balaban J connectivity index is 2.95. The van der Waals surface area contributed by atoms with Gasteiger partial charge in [0.25, 0.3) is 0 Å². The fourth-order valence-electron chi connectivity index (χ4n) is 0.865. The van der Waals surface area contributed by atoms with Gasteiger partial charge in [0.2, 0.25) is 5.91 Å². The van der Waals surface area contributed by atoms with E-state index in [-0.39, 0.29) is 12.5 Å². The van der Waals surface area contributed by atoms with Crippen LogP contribution in [0.4, 0.5) is 0 Å². The Morgan fingerprint density at radius 3 is 2.79 bits per heavy atom. The van der Waals surface area contributed by atoms with Crippen molar-refractivity contribution < 1.29 is 9.90 Å². The molecule has 0 aromatic rings. The normalized spacial score (nSPS) is 10.1. The summed E-state index contributed by atoms with van der Waals surface area (Å²) in [4.78, 5) is 10.8. The van der Waals surface area contributed by atoms with Crippen molar-refractivity contribution in [2.75, 3.05) is 38.2 Å². The molecular formula is C9H20N2O2S. The van der Waals surface area contributed by atoms with Crippen molar-refractivity contribution in [3.8, 4) is 0 Å². The van der Waals surface area contributed by atoms with E-state index in [1.54, 1.807) is 7.05 Å². The molecule has 0 aliphatic carbocycles. The average Bonchev–Trinajstić information content (AvgIpc) is 2.21. The minimum Gasteiger partial charge on any atom is -0.396 e. The number of carbonyl (C=O) groups is 1. The van der Waals surface area contributed by atoms with E-state index in [0.29, 0.717) is 6.42 Å². The lowest BCUT2D eigenvalue weighted by Gasteiger charge is -2.03. The molecule has 0 rings (SSSR count). The zero-order valence-electron chi connectivity index (χ0n) is 8.71. The third-order valence-corrected chi connectivity index (χ3v) is 2.75. The molecule has 0 bridgehead atoms. The zero-order valence-corrected chi connectivity index (χ0v) is 9.53. The van der Waals surface area contributed by atoms with Crippen LogP contribution in [0.1, 0.15) is 12.8 Å². The molecule has 0 atom stereocenters. The first-order valence-electron chi connectivity index (χ1n) is 4.91. The lowest BCUT2D eigenvalue weighted by Crippen LogP contribution is -2.26. The molecule has 0 fully saturated rings. The number of hydrogen-bond donors (Lipinski definition) is 3. The van der Waals surface area contributed by atoms with Crippen LogP contribution in [0.25, 0.3) is 0 Å². The number of aliphatic hydroxyl groups excluding tert-OH is 1. The predicted molar refractivity (Wildman–Crippen MR) is 60.6 cm³/mol. The van der Waals surface area contributed by atoms with Crippen LogP contribution in [-0.4, -0.2) is 49.3 Å². The molecule has 4 nitrogen and oxygen atoms in total. The summed E-state index contributed by atoms with van der Waals surface area (Å²) in [7, 11) is 1.65. The minimum absolute atomic E-state index is 0.0745. The Morgan fingerprint density at radius 1 is 1.36 bits per heavy atom. The fraction of sp³-hybridized carbons (Fsp3) is 0.889. The molecule has 0 unspecified atom stereocenters. The Kier molecular flexibility index (Phi) is 10.6. The maximum atomic E-state index is 10.8. The van der Waals surface area contributed by atoms with Crippen molar-refractivity contribution in [1.82, 2.24) is 10.6 Å². The zero-order chi connectivity index (χ0) is 10.6. The van der Waals surface area contributed by atoms with Crippen molar-refractivity contribution in [3.05, 3.63) is 0 Å². The summed E-state index contributed by atoms with van der Waals surface area (Å²) in [5, 5.41) is 14.3. The maximum absolute atomic E-state index is 10.8. The van der Waals surface area contributed by atoms with Gasteiger partial charge in [-0.25, -0.2) is 0 Å². The minimum atomic E-state index is 0.0745. The van der Waals surface area contributed by atoms with Crippen LogP contribution >= 0.6 is 11.8 Å². The number of hydrogen-bond acceptors (Lipinski definition) is 4. The number of carbonyl (C=O) groups excluding carboxylic acids is 1. The highest BCUT2D eigenvalue weighted by molar-refractivity contribution is 7.99. The molecule has 5 heteroatoms. The van der Waals surface area contributed by atoms with Gasteiger partial charge in [0.15, 0.2) is 0 Å². The average molecular weight is 220 g/mol. The van der Waals surface area contributed by atoms with Crippen molar-refractivity contribution in [3.63, 3.8) is 0 Å². The van der Waals surface area contributed by atoms with Crippen LogP contribution in [0.15, 0.2) is 0 Å². The van der Waals surface area contributed by atoms with Crippen LogP contribution in [0, 0.1) is 0 Å². The molecule has 0 spiro atoms. The van der Waals surface area contributed by atoms with E-state index in [4.69, 9.17) is 5.11 Å². The smallest absolute Gasteiger partial charge is 0.221 e. The second-order valence-corrected chi connectivity index (χ2v) is 4.09. The summed E-state index contributed by atoms with van der Waals surface area (Å²) >= 11 is 1.82. The van der Waals surface area contributed by atoms with Crippen LogP contribution < -0.4 is 10.6 Å². The molecule has 3 N–H and O–H groups in total. The second kappa shape index (κ2) is 10.8. The molecule has 0 heterocycles. The summed E-state index contributed by atoms with van der Waals surface area (Å²) in [6, 6.07) is 0. The highest BCUT2D eigenvalue weighted by Crippen LogP contribution is 1.99. The first-order valence-corrected chi connectivity index (χ1v) is 6.06. The molecular weight excluding hydrogens is 200 g/mol. The van der Waals surface area contributed by atoms with Gasteiger partial charge < -0.3 is 15.7 Å². The summed E-state index contributed by atoms with van der Waals surface area (Å²) in [6.07, 6.45) is 1.40. The van der Waals surface area contributed by atoms with Gasteiger partial charge in [-0.05, 0) is 12.2 Å². The number of aliphatic hydroxyl groups is 1. The maximum Gasteiger partial charge on any atom is 0.221 e. The van der Waals surface area contributed by atoms with Gasteiger partial charge in [0, 0.05) is 38.9 Å². The number of amides is 1. The van der Waals surface area contributed by atoms with Crippen molar-refractivity contribution >= 4 is 17.7 Å². The van der Waals surface area contributed by atoms with Crippen molar-refractivity contribution in [2.24, 2.45) is 0 Å². The van der Waals surface area contributed by atoms with E-state index in [9.17, 15) is 4.79 Å². The van der Waals surface area contributed by atoms with E-state index < -0.39 is 0 Å². The lowest BCUT2D eigenvalue weighted by molar-refractivity contribution is -0.120. The molecule has 0 saturated carbocycles. The third-order valence-electron chi connectivity index (χ3n) is 1.68. The van der Waals surface area contributed by atoms with E-state index in [1.165, 1.54) is 0 Å². The number of nitrogens with one attached hydrogen (secondary N) is 2. The Hall–Kier alpha value is -0.260. The van der Waals surface area contributed by atoms with Gasteiger partial charge in [-0.3, -0.25) is 4.79 Å². The van der Waals surface area contributed by atoms with Crippen LogP contribution in [0.2, 0.25) is 0 Å². The van der Waals surface area contributed by atoms with Crippen LogP contribution in [-0.2, 0) is 4.79 Å². The first-order chi connectivity index (χ1) is 6.81. The summed E-state index contributed by atoms with van der Waals surface area (Å²) < 4.78 is 0. The first kappa shape index (κ1) is 13.7. The Morgan fingerprint density at radius 2 is 2.14 bits per heavy atom. The standard InChI is InChI=1S/C9H20N2O2S/c1-10-9(13)3-4-11-5-8-14-7-2-6-12/h11-12H,2-8H2,1H3,(H,10,13). The summed E-state index contributed by atoms with van der Waals surface area (Å²) in [5.41, 5.74) is 0. The number of thioether (sulfide) groups is 1. The molecule has 14 heavy (non-hydrogen) atoms. The van der Waals surface area contributed by atoms with Crippen molar-refractivity contribution in [1.29, 1.82) is 0 Å². The van der Waals surface area contributed by atoms with Gasteiger partial charge >= 0.3 is 0 Å². The monoisotopic (exact) mass is 220 g/mol. The Bertz CT molecular complexity index is 145. The van der Waals surface area contributed by atoms with Crippen molar-refractivity contribution in [2.45, 2.75) is 12.8 Å². The molecule has 0 aliphatic heterocycles. The van der Waals surface area contributed by atoms with Gasteiger partial charge in [-0.15, -0.1) is 0 Å². The largest absolute Gasteiger partial charge is 0.396 e. The molecule has 0 aromatic heterocycles. The summed E-state index contributed by atoms with van der Waals surface area (Å²) in [6.45, 7) is 1.93.